The largest absolute Gasteiger partial charge is 0.376 e. The van der Waals surface area contributed by atoms with Crippen LogP contribution in [0.3, 0.4) is 0 Å². The second-order valence-electron chi connectivity index (χ2n) is 5.00. The summed E-state index contributed by atoms with van der Waals surface area (Å²) in [5.74, 6) is 0.176. The van der Waals surface area contributed by atoms with Crippen LogP contribution in [0, 0.1) is 6.92 Å². The summed E-state index contributed by atoms with van der Waals surface area (Å²) in [5, 5.41) is 3.22. The molecule has 19 heavy (non-hydrogen) atoms. The molecule has 0 bridgehead atoms. The number of likely N-dealkylation sites (N-methyl/N-ethyl adjacent to an activating group) is 1. The van der Waals surface area contributed by atoms with Gasteiger partial charge in [0, 0.05) is 36.3 Å². The summed E-state index contributed by atoms with van der Waals surface area (Å²) in [6.45, 7) is 5.98. The second kappa shape index (κ2) is 6.39. The summed E-state index contributed by atoms with van der Waals surface area (Å²) in [4.78, 5) is 16.3. The van der Waals surface area contributed by atoms with E-state index < -0.39 is 0 Å². The van der Waals surface area contributed by atoms with Crippen molar-refractivity contribution in [2.24, 2.45) is 0 Å². The van der Waals surface area contributed by atoms with Crippen molar-refractivity contribution in [1.29, 1.82) is 0 Å². The molecule has 1 aliphatic rings. The van der Waals surface area contributed by atoms with Crippen molar-refractivity contribution in [3.63, 3.8) is 0 Å². The van der Waals surface area contributed by atoms with Crippen molar-refractivity contribution in [2.75, 3.05) is 45.1 Å². The van der Waals surface area contributed by atoms with E-state index in [9.17, 15) is 4.79 Å². The van der Waals surface area contributed by atoms with Crippen LogP contribution >= 0.6 is 15.9 Å². The van der Waals surface area contributed by atoms with Gasteiger partial charge < -0.3 is 15.1 Å². The number of piperazine rings is 1. The van der Waals surface area contributed by atoms with Crippen LogP contribution in [0.2, 0.25) is 0 Å². The van der Waals surface area contributed by atoms with Crippen LogP contribution in [0.25, 0.3) is 0 Å². The van der Waals surface area contributed by atoms with E-state index in [1.54, 1.807) is 0 Å². The Balaban J connectivity index is 1.86. The van der Waals surface area contributed by atoms with Gasteiger partial charge in [0.15, 0.2) is 0 Å². The van der Waals surface area contributed by atoms with E-state index in [-0.39, 0.29) is 5.91 Å². The molecule has 0 saturated carbocycles. The molecule has 0 unspecified atom stereocenters. The van der Waals surface area contributed by atoms with Crippen molar-refractivity contribution in [2.45, 2.75) is 6.92 Å². The lowest BCUT2D eigenvalue weighted by atomic mass is 10.2. The number of carbonyl (C=O) groups is 1. The van der Waals surface area contributed by atoms with Crippen molar-refractivity contribution >= 4 is 27.5 Å². The van der Waals surface area contributed by atoms with Crippen LogP contribution in [0.4, 0.5) is 5.69 Å². The molecule has 104 valence electrons. The molecular weight excluding hydrogens is 306 g/mol. The molecule has 0 aromatic heterocycles. The number of nitrogens with zero attached hydrogens (tertiary/aromatic N) is 2. The monoisotopic (exact) mass is 325 g/mol. The molecule has 0 atom stereocenters. The highest BCUT2D eigenvalue weighted by atomic mass is 79.9. The van der Waals surface area contributed by atoms with Crippen LogP contribution in [0.5, 0.6) is 0 Å². The minimum absolute atomic E-state index is 0.176. The Kier molecular flexibility index (Phi) is 4.82. The maximum Gasteiger partial charge on any atom is 0.241 e. The average Bonchev–Trinajstić information content (AvgIpc) is 2.38. The molecule has 1 fully saturated rings. The first-order valence-electron chi connectivity index (χ1n) is 6.52. The average molecular weight is 326 g/mol. The normalized spacial score (nSPS) is 16.5. The number of amides is 1. The molecule has 1 aromatic carbocycles. The van der Waals surface area contributed by atoms with Crippen molar-refractivity contribution < 1.29 is 4.79 Å². The van der Waals surface area contributed by atoms with E-state index in [1.165, 1.54) is 0 Å². The number of nitrogens with one attached hydrogen (secondary N) is 1. The van der Waals surface area contributed by atoms with E-state index >= 15 is 0 Å². The molecule has 5 heteroatoms. The SMILES string of the molecule is Cc1cc(Br)ccc1NCC(=O)N1CCN(C)CC1. The Morgan fingerprint density at radius 1 is 1.32 bits per heavy atom. The number of rotatable bonds is 3. The van der Waals surface area contributed by atoms with Crippen molar-refractivity contribution in [1.82, 2.24) is 9.80 Å². The third kappa shape index (κ3) is 3.94. The van der Waals surface area contributed by atoms with E-state index in [4.69, 9.17) is 0 Å². The summed E-state index contributed by atoms with van der Waals surface area (Å²) >= 11 is 3.44. The molecule has 4 nitrogen and oxygen atoms in total. The van der Waals surface area contributed by atoms with Crippen LogP contribution in [0.1, 0.15) is 5.56 Å². The number of hydrogen-bond acceptors (Lipinski definition) is 3. The van der Waals surface area contributed by atoms with E-state index in [2.05, 4.69) is 33.2 Å². The molecule has 1 aromatic rings. The fourth-order valence-corrected chi connectivity index (χ4v) is 2.64. The molecule has 1 aliphatic heterocycles. The first kappa shape index (κ1) is 14.3. The van der Waals surface area contributed by atoms with Gasteiger partial charge >= 0.3 is 0 Å². The molecular formula is C14H20BrN3O. The van der Waals surface area contributed by atoms with Gasteiger partial charge in [-0.15, -0.1) is 0 Å². The van der Waals surface area contributed by atoms with Crippen molar-refractivity contribution in [3.05, 3.63) is 28.2 Å². The van der Waals surface area contributed by atoms with Crippen LogP contribution in [-0.4, -0.2) is 55.5 Å². The Morgan fingerprint density at radius 3 is 2.63 bits per heavy atom. The molecule has 1 saturated heterocycles. The molecule has 0 radical (unpaired) electrons. The Labute approximate surface area is 122 Å². The first-order valence-corrected chi connectivity index (χ1v) is 7.32. The summed E-state index contributed by atoms with van der Waals surface area (Å²) in [6, 6.07) is 6.02. The lowest BCUT2D eigenvalue weighted by Crippen LogP contribution is -2.48. The topological polar surface area (TPSA) is 35.6 Å². The summed E-state index contributed by atoms with van der Waals surface area (Å²) in [7, 11) is 2.09. The molecule has 1 amide bonds. The smallest absolute Gasteiger partial charge is 0.241 e. The van der Waals surface area contributed by atoms with Crippen LogP contribution in [0.15, 0.2) is 22.7 Å². The number of hydrogen-bond donors (Lipinski definition) is 1. The van der Waals surface area contributed by atoms with Gasteiger partial charge in [-0.05, 0) is 37.7 Å². The maximum absolute atomic E-state index is 12.1. The number of aryl methyl sites for hydroxylation is 1. The fourth-order valence-electron chi connectivity index (χ4n) is 2.16. The van der Waals surface area contributed by atoms with Gasteiger partial charge in [-0.3, -0.25) is 4.79 Å². The minimum Gasteiger partial charge on any atom is -0.376 e. The number of benzene rings is 1. The third-order valence-corrected chi connectivity index (χ3v) is 3.97. The predicted molar refractivity (Wildman–Crippen MR) is 81.4 cm³/mol. The zero-order valence-corrected chi connectivity index (χ0v) is 13.0. The fraction of sp³-hybridized carbons (Fsp3) is 0.500. The van der Waals surface area contributed by atoms with Crippen molar-refractivity contribution in [3.8, 4) is 0 Å². The zero-order valence-electron chi connectivity index (χ0n) is 11.4. The Bertz CT molecular complexity index is 456. The predicted octanol–water partition coefficient (Wildman–Crippen LogP) is 1.94. The minimum atomic E-state index is 0.176. The van der Waals surface area contributed by atoms with Crippen LogP contribution in [-0.2, 0) is 4.79 Å². The molecule has 1 N–H and O–H groups in total. The molecule has 1 heterocycles. The summed E-state index contributed by atoms with van der Waals surface area (Å²) in [6.07, 6.45) is 0. The highest BCUT2D eigenvalue weighted by molar-refractivity contribution is 9.10. The quantitative estimate of drug-likeness (QED) is 0.922. The first-order chi connectivity index (χ1) is 9.06. The van der Waals surface area contributed by atoms with E-state index in [0.29, 0.717) is 6.54 Å². The van der Waals surface area contributed by atoms with Gasteiger partial charge in [-0.2, -0.15) is 0 Å². The standard InChI is InChI=1S/C14H20BrN3O/c1-11-9-12(15)3-4-13(11)16-10-14(19)18-7-5-17(2)6-8-18/h3-4,9,16H,5-8,10H2,1-2H3. The van der Waals surface area contributed by atoms with Gasteiger partial charge in [0.05, 0.1) is 6.54 Å². The highest BCUT2D eigenvalue weighted by Crippen LogP contribution is 2.19. The third-order valence-electron chi connectivity index (χ3n) is 3.47. The zero-order chi connectivity index (χ0) is 13.8. The number of halogens is 1. The van der Waals surface area contributed by atoms with Crippen LogP contribution < -0.4 is 5.32 Å². The molecule has 0 aliphatic carbocycles. The van der Waals surface area contributed by atoms with E-state index in [0.717, 1.165) is 41.9 Å². The Hall–Kier alpha value is -1.07. The lowest BCUT2D eigenvalue weighted by Gasteiger charge is -2.32. The number of carbonyl (C=O) groups excluding carboxylic acids is 1. The Morgan fingerprint density at radius 2 is 2.00 bits per heavy atom. The highest BCUT2D eigenvalue weighted by Gasteiger charge is 2.18. The molecule has 0 spiro atoms. The number of anilines is 1. The van der Waals surface area contributed by atoms with Gasteiger partial charge in [-0.25, -0.2) is 0 Å². The second-order valence-corrected chi connectivity index (χ2v) is 5.91. The van der Waals surface area contributed by atoms with Gasteiger partial charge in [0.1, 0.15) is 0 Å². The van der Waals surface area contributed by atoms with E-state index in [1.807, 2.05) is 30.0 Å². The maximum atomic E-state index is 12.1. The summed E-state index contributed by atoms with van der Waals surface area (Å²) in [5.41, 5.74) is 2.16. The van der Waals surface area contributed by atoms with Gasteiger partial charge in [-0.1, -0.05) is 15.9 Å². The van der Waals surface area contributed by atoms with Gasteiger partial charge in [0.25, 0.3) is 0 Å². The molecule has 2 rings (SSSR count). The summed E-state index contributed by atoms with van der Waals surface area (Å²) < 4.78 is 1.06. The van der Waals surface area contributed by atoms with Gasteiger partial charge in [0.2, 0.25) is 5.91 Å². The lowest BCUT2D eigenvalue weighted by molar-refractivity contribution is -0.130.